The van der Waals surface area contributed by atoms with E-state index in [0.717, 1.165) is 58.3 Å². The Kier molecular flexibility index (Phi) is 11.7. The fourth-order valence-corrected chi connectivity index (χ4v) is 13.5. The molecular formula is C42H66B2O6Si2. The Morgan fingerprint density at radius 3 is 0.865 bits per heavy atom. The summed E-state index contributed by atoms with van der Waals surface area (Å²) in [6, 6.07) is 23.7. The van der Waals surface area contributed by atoms with E-state index in [2.05, 4.69) is 170 Å². The molecule has 0 amide bonds. The van der Waals surface area contributed by atoms with Crippen molar-refractivity contribution in [2.24, 2.45) is 0 Å². The van der Waals surface area contributed by atoms with E-state index in [4.69, 9.17) is 27.5 Å². The predicted octanol–water partition coefficient (Wildman–Crippen LogP) is 9.55. The third-order valence-corrected chi connectivity index (χ3v) is 22.8. The van der Waals surface area contributed by atoms with E-state index in [1.54, 1.807) is 0 Å². The third-order valence-electron chi connectivity index (χ3n) is 13.6. The van der Waals surface area contributed by atoms with E-state index in [0.29, 0.717) is 0 Å². The summed E-state index contributed by atoms with van der Waals surface area (Å²) in [5, 5.41) is 0. The minimum atomic E-state index is -2.09. The molecular weight excluding hydrogens is 678 g/mol. The van der Waals surface area contributed by atoms with Crippen LogP contribution in [0.15, 0.2) is 72.8 Å². The number of benzene rings is 2. The van der Waals surface area contributed by atoms with E-state index >= 15 is 0 Å². The molecule has 2 saturated heterocycles. The molecule has 0 N–H and O–H groups in total. The zero-order valence-corrected chi connectivity index (χ0v) is 36.8. The summed E-state index contributed by atoms with van der Waals surface area (Å²) in [6.45, 7) is 30.5. The summed E-state index contributed by atoms with van der Waals surface area (Å²) in [6.07, 6.45) is 9.17. The van der Waals surface area contributed by atoms with Gasteiger partial charge in [0.25, 0.3) is 0 Å². The van der Waals surface area contributed by atoms with Crippen LogP contribution >= 0.6 is 0 Å². The van der Waals surface area contributed by atoms with Crippen molar-refractivity contribution < 1.29 is 27.5 Å². The molecule has 5 rings (SSSR count). The largest absolute Gasteiger partial charge is 0.494 e. The van der Waals surface area contributed by atoms with E-state index in [1.807, 2.05) is 0 Å². The van der Waals surface area contributed by atoms with Gasteiger partial charge in [-0.25, -0.2) is 0 Å². The molecule has 0 bridgehead atoms. The van der Waals surface area contributed by atoms with Gasteiger partial charge in [0.1, 0.15) is 11.2 Å². The van der Waals surface area contributed by atoms with Gasteiger partial charge in [-0.05, 0) is 138 Å². The van der Waals surface area contributed by atoms with Crippen LogP contribution in [0.3, 0.4) is 0 Å². The normalized spacial score (nSPS) is 26.3. The van der Waals surface area contributed by atoms with Gasteiger partial charge in [0, 0.05) is 0 Å². The summed E-state index contributed by atoms with van der Waals surface area (Å²) in [4.78, 5) is 0. The molecule has 2 aliphatic heterocycles. The smallest absolute Gasteiger partial charge is 0.401 e. The zero-order valence-electron chi connectivity index (χ0n) is 34.8. The Morgan fingerprint density at radius 1 is 0.423 bits per heavy atom. The molecule has 1 aliphatic carbocycles. The van der Waals surface area contributed by atoms with Crippen molar-refractivity contribution in [3.05, 3.63) is 84.0 Å². The maximum atomic E-state index is 7.52. The summed E-state index contributed by atoms with van der Waals surface area (Å²) in [5.41, 5.74) is 1.16. The maximum Gasteiger partial charge on any atom is 0.494 e. The second kappa shape index (κ2) is 14.7. The van der Waals surface area contributed by atoms with Crippen LogP contribution in [0, 0.1) is 0 Å². The summed E-state index contributed by atoms with van der Waals surface area (Å²) in [5.74, 6) is 0. The van der Waals surface area contributed by atoms with Crippen LogP contribution in [0.4, 0.5) is 0 Å². The molecule has 3 aliphatic rings. The molecule has 52 heavy (non-hydrogen) atoms. The van der Waals surface area contributed by atoms with Crippen LogP contribution in [0.25, 0.3) is 0 Å². The average Bonchev–Trinajstić information content (AvgIpc) is 3.50. The number of hydrogen-bond donors (Lipinski definition) is 0. The molecule has 0 spiro atoms. The van der Waals surface area contributed by atoms with Gasteiger partial charge in [-0.2, -0.15) is 0 Å². The molecule has 2 fully saturated rings. The molecule has 284 valence electrons. The Labute approximate surface area is 319 Å². The van der Waals surface area contributed by atoms with Gasteiger partial charge >= 0.3 is 14.2 Å². The first-order valence-electron chi connectivity index (χ1n) is 20.0. The number of hydrogen-bond acceptors (Lipinski definition) is 6. The Balaban J connectivity index is 1.57. The summed E-state index contributed by atoms with van der Waals surface area (Å²) in [7, 11) is -5.01. The average molecular weight is 745 g/mol. The second-order valence-corrected chi connectivity index (χ2v) is 26.7. The molecule has 10 heteroatoms. The van der Waals surface area contributed by atoms with E-state index in [1.165, 1.54) is 0 Å². The van der Waals surface area contributed by atoms with Crippen molar-refractivity contribution in [3.63, 3.8) is 0 Å². The van der Waals surface area contributed by atoms with Crippen molar-refractivity contribution in [2.75, 3.05) is 0 Å². The first-order chi connectivity index (χ1) is 24.2. The highest BCUT2D eigenvalue weighted by atomic mass is 28.4. The summed E-state index contributed by atoms with van der Waals surface area (Å²) < 4.78 is 40.7. The molecule has 0 aromatic heterocycles. The fraction of sp³-hybridized carbons (Fsp3) is 0.619. The lowest BCUT2D eigenvalue weighted by Gasteiger charge is -2.46. The van der Waals surface area contributed by atoms with Crippen molar-refractivity contribution in [1.82, 2.24) is 0 Å². The number of rotatable bonds is 14. The lowest BCUT2D eigenvalue weighted by molar-refractivity contribution is 0.00578. The minimum Gasteiger partial charge on any atom is -0.401 e. The van der Waals surface area contributed by atoms with Gasteiger partial charge in [0.2, 0.25) is 0 Å². The van der Waals surface area contributed by atoms with Crippen LogP contribution in [0.5, 0.6) is 0 Å². The topological polar surface area (TPSA) is 55.4 Å². The molecule has 2 aromatic rings. The predicted molar refractivity (Wildman–Crippen MR) is 223 cm³/mol. The van der Waals surface area contributed by atoms with E-state index < -0.39 is 64.5 Å². The first-order valence-corrected chi connectivity index (χ1v) is 25.0. The van der Waals surface area contributed by atoms with Crippen LogP contribution in [0.2, 0.25) is 36.3 Å². The summed E-state index contributed by atoms with van der Waals surface area (Å²) >= 11 is 0. The quantitative estimate of drug-likeness (QED) is 0.142. The zero-order chi connectivity index (χ0) is 38.4. The fourth-order valence-electron chi connectivity index (χ4n) is 7.65. The lowest BCUT2D eigenvalue weighted by atomic mass is 9.75. The van der Waals surface area contributed by atoms with Crippen molar-refractivity contribution >= 4 is 41.8 Å². The van der Waals surface area contributed by atoms with Crippen molar-refractivity contribution in [1.29, 1.82) is 0 Å². The monoisotopic (exact) mass is 744 g/mol. The lowest BCUT2D eigenvalue weighted by Crippen LogP contribution is -2.48. The molecule has 0 atom stereocenters. The second-order valence-electron chi connectivity index (χ2n) is 17.4. The molecule has 2 heterocycles. The van der Waals surface area contributed by atoms with Gasteiger partial charge in [-0.15, -0.1) is 0 Å². The maximum absolute atomic E-state index is 7.52. The van der Waals surface area contributed by atoms with E-state index in [-0.39, 0.29) is 0 Å². The third kappa shape index (κ3) is 7.45. The molecule has 6 nitrogen and oxygen atoms in total. The van der Waals surface area contributed by atoms with Gasteiger partial charge in [-0.3, -0.25) is 0 Å². The van der Waals surface area contributed by atoms with Crippen molar-refractivity contribution in [3.8, 4) is 0 Å². The van der Waals surface area contributed by atoms with Gasteiger partial charge in [0.15, 0.2) is 16.6 Å². The molecule has 0 saturated carbocycles. The Bertz CT molecular complexity index is 1410. The first kappa shape index (κ1) is 41.4. The van der Waals surface area contributed by atoms with Gasteiger partial charge in [-0.1, -0.05) is 90.1 Å². The molecule has 2 aromatic carbocycles. The highest BCUT2D eigenvalue weighted by Crippen LogP contribution is 2.46. The minimum absolute atomic E-state index is 0.399. The van der Waals surface area contributed by atoms with E-state index in [9.17, 15) is 0 Å². The SMILES string of the molecule is CC[Si](CC)(CC)OC1(c2ccc(B3OC(C)(C)C(C)(C)O3)cc2)C=CC(O[Si](CC)(CC)CC)(c2ccc(B3OC(C)(C)C(C)(C)O3)cc2)C=C1. The van der Waals surface area contributed by atoms with Gasteiger partial charge < -0.3 is 27.5 Å². The highest BCUT2D eigenvalue weighted by Gasteiger charge is 2.53. The Hall–Kier alpha value is -1.76. The van der Waals surface area contributed by atoms with Crippen LogP contribution in [0.1, 0.15) is 108 Å². The van der Waals surface area contributed by atoms with Gasteiger partial charge in [0.05, 0.1) is 22.4 Å². The molecule has 0 unspecified atom stereocenters. The Morgan fingerprint density at radius 2 is 0.654 bits per heavy atom. The van der Waals surface area contributed by atoms with Crippen LogP contribution < -0.4 is 10.9 Å². The standard InChI is InChI=1S/C42H66B2O6Si2/c1-15-51(16-2,17-3)49-41(33-21-25-35(26-22-33)43-45-37(7,8)38(9,10)46-43)29-31-42(32-30-41,50-52(18-4,19-5)20-6)34-23-27-36(28-24-34)44-47-39(11,12)40(13,14)48-44/h21-32H,15-20H2,1-14H3. The highest BCUT2D eigenvalue weighted by molar-refractivity contribution is 6.74. The van der Waals surface area contributed by atoms with Crippen LogP contribution in [-0.2, 0) is 38.7 Å². The molecule has 0 radical (unpaired) electrons. The van der Waals surface area contributed by atoms with Crippen LogP contribution in [-0.4, -0.2) is 53.3 Å². The van der Waals surface area contributed by atoms with Crippen molar-refractivity contribution in [2.45, 2.75) is 167 Å².